The maximum Gasteiger partial charge on any atom is 0.175 e. The van der Waals surface area contributed by atoms with Crippen LogP contribution in [0.25, 0.3) is 0 Å². The summed E-state index contributed by atoms with van der Waals surface area (Å²) in [5.74, 6) is 0. The standard InChI is InChI=1S/C12H22O10S/c13-2-5-8(17)9(18)11(23-19)12(21-5)22-10-4(15)1-7(16)20-6(10)3-14/h4-19H,1-3H2/t4?,5-,6?,7+,8-,9?,10+,11?,12?/m1/s1. The lowest BCUT2D eigenvalue weighted by Crippen LogP contribution is -2.61. The Balaban J connectivity index is 2.11. The fraction of sp³-hybridized carbons (Fsp3) is 1.00. The fourth-order valence-electron chi connectivity index (χ4n) is 2.68. The summed E-state index contributed by atoms with van der Waals surface area (Å²) < 4.78 is 25.2. The number of ether oxygens (including phenoxy) is 3. The Morgan fingerprint density at radius 2 is 1.61 bits per heavy atom. The van der Waals surface area contributed by atoms with E-state index >= 15 is 0 Å². The van der Waals surface area contributed by atoms with Gasteiger partial charge < -0.3 is 49.4 Å². The van der Waals surface area contributed by atoms with Gasteiger partial charge in [-0.25, -0.2) is 0 Å². The third kappa shape index (κ3) is 4.14. The highest BCUT2D eigenvalue weighted by atomic mass is 32.2. The highest BCUT2D eigenvalue weighted by molar-refractivity contribution is 7.94. The summed E-state index contributed by atoms with van der Waals surface area (Å²) in [6.45, 7) is -1.14. The van der Waals surface area contributed by atoms with Gasteiger partial charge in [-0.05, 0) is 12.0 Å². The van der Waals surface area contributed by atoms with Crippen molar-refractivity contribution in [1.82, 2.24) is 0 Å². The smallest absolute Gasteiger partial charge is 0.175 e. The average Bonchev–Trinajstić information content (AvgIpc) is 2.52. The molecule has 0 aliphatic carbocycles. The van der Waals surface area contributed by atoms with Crippen LogP contribution >= 0.6 is 12.0 Å². The van der Waals surface area contributed by atoms with Crippen LogP contribution in [0.1, 0.15) is 6.42 Å². The monoisotopic (exact) mass is 358 g/mol. The van der Waals surface area contributed by atoms with E-state index in [4.69, 9.17) is 14.2 Å². The summed E-state index contributed by atoms with van der Waals surface area (Å²) in [6, 6.07) is 0. The number of hydrogen-bond acceptors (Lipinski definition) is 11. The summed E-state index contributed by atoms with van der Waals surface area (Å²) in [6.07, 6.45) is -10.0. The third-order valence-electron chi connectivity index (χ3n) is 3.94. The zero-order valence-electron chi connectivity index (χ0n) is 12.1. The van der Waals surface area contributed by atoms with Crippen LogP contribution < -0.4 is 0 Å². The van der Waals surface area contributed by atoms with E-state index in [1.807, 2.05) is 0 Å². The van der Waals surface area contributed by atoms with Crippen molar-refractivity contribution in [2.75, 3.05) is 13.2 Å². The molecule has 136 valence electrons. The number of hydrogen-bond donors (Lipinski definition) is 7. The summed E-state index contributed by atoms with van der Waals surface area (Å²) in [7, 11) is 0. The molecule has 0 aromatic rings. The van der Waals surface area contributed by atoms with Gasteiger partial charge in [0.05, 0.1) is 19.3 Å². The number of aliphatic hydroxyl groups excluding tert-OH is 6. The Labute approximate surface area is 136 Å². The molecule has 2 heterocycles. The summed E-state index contributed by atoms with van der Waals surface area (Å²) >= 11 is 0.201. The second-order valence-corrected chi connectivity index (χ2v) is 6.25. The Hall–Kier alpha value is -0.0500. The molecular weight excluding hydrogens is 336 g/mol. The largest absolute Gasteiger partial charge is 0.394 e. The third-order valence-corrected chi connectivity index (χ3v) is 4.68. The molecule has 10 nitrogen and oxygen atoms in total. The first-order valence-electron chi connectivity index (χ1n) is 7.13. The van der Waals surface area contributed by atoms with Crippen LogP contribution in [0.4, 0.5) is 0 Å². The summed E-state index contributed by atoms with van der Waals surface area (Å²) in [5.41, 5.74) is 0. The van der Waals surface area contributed by atoms with Crippen molar-refractivity contribution < 1.29 is 49.4 Å². The Morgan fingerprint density at radius 3 is 2.17 bits per heavy atom. The zero-order valence-corrected chi connectivity index (χ0v) is 12.9. The van der Waals surface area contributed by atoms with Crippen LogP contribution in [-0.4, -0.2) is 103 Å². The molecule has 2 fully saturated rings. The van der Waals surface area contributed by atoms with E-state index in [1.165, 1.54) is 0 Å². The van der Waals surface area contributed by atoms with E-state index in [2.05, 4.69) is 0 Å². The molecule has 2 aliphatic rings. The SMILES string of the molecule is OCC1O[C@H](O)CC(O)[C@@H]1OC1O[C@H](CO)[C@@H](O)C(O)C1SO. The molecular formula is C12H22O10S. The second kappa shape index (κ2) is 8.36. The van der Waals surface area contributed by atoms with E-state index in [1.54, 1.807) is 0 Å². The predicted octanol–water partition coefficient (Wildman–Crippen LogP) is -3.15. The van der Waals surface area contributed by atoms with Gasteiger partial charge in [0.15, 0.2) is 12.6 Å². The minimum Gasteiger partial charge on any atom is -0.394 e. The molecule has 11 heteroatoms. The van der Waals surface area contributed by atoms with Crippen LogP contribution in [0.5, 0.6) is 0 Å². The van der Waals surface area contributed by atoms with Gasteiger partial charge in [0.2, 0.25) is 0 Å². The molecule has 2 saturated heterocycles. The Kier molecular flexibility index (Phi) is 7.01. The predicted molar refractivity (Wildman–Crippen MR) is 75.2 cm³/mol. The average molecular weight is 358 g/mol. The Morgan fingerprint density at radius 1 is 0.957 bits per heavy atom. The topological polar surface area (TPSA) is 169 Å². The number of aliphatic hydroxyl groups is 6. The normalized spacial score (nSPS) is 48.4. The fourth-order valence-corrected chi connectivity index (χ4v) is 3.19. The quantitative estimate of drug-likeness (QED) is 0.248. The highest BCUT2D eigenvalue weighted by Gasteiger charge is 2.48. The van der Waals surface area contributed by atoms with E-state index in [0.717, 1.165) is 0 Å². The van der Waals surface area contributed by atoms with E-state index in [-0.39, 0.29) is 18.5 Å². The molecule has 2 aliphatic heterocycles. The van der Waals surface area contributed by atoms with E-state index in [9.17, 15) is 35.2 Å². The number of rotatable bonds is 5. The molecule has 0 aromatic heterocycles. The maximum atomic E-state index is 10.0. The molecule has 9 atom stereocenters. The van der Waals surface area contributed by atoms with Gasteiger partial charge in [-0.2, -0.15) is 0 Å². The highest BCUT2D eigenvalue weighted by Crippen LogP contribution is 2.32. The van der Waals surface area contributed by atoms with Crippen molar-refractivity contribution in [3.63, 3.8) is 0 Å². The second-order valence-electron chi connectivity index (χ2n) is 5.49. The maximum absolute atomic E-state index is 10.0. The van der Waals surface area contributed by atoms with Gasteiger partial charge in [0.1, 0.15) is 35.8 Å². The van der Waals surface area contributed by atoms with E-state index < -0.39 is 67.7 Å². The molecule has 23 heavy (non-hydrogen) atoms. The lowest BCUT2D eigenvalue weighted by molar-refractivity contribution is -0.313. The van der Waals surface area contributed by atoms with Gasteiger partial charge in [-0.1, -0.05) is 0 Å². The zero-order chi connectivity index (χ0) is 17.1. The van der Waals surface area contributed by atoms with Crippen LogP contribution in [-0.2, 0) is 14.2 Å². The summed E-state index contributed by atoms with van der Waals surface area (Å²) in [4.78, 5) is 0. The van der Waals surface area contributed by atoms with Gasteiger partial charge in [-0.15, -0.1) is 0 Å². The van der Waals surface area contributed by atoms with Crippen LogP contribution in [0, 0.1) is 0 Å². The van der Waals surface area contributed by atoms with Crippen LogP contribution in [0.15, 0.2) is 0 Å². The van der Waals surface area contributed by atoms with Crippen LogP contribution in [0.3, 0.4) is 0 Å². The molecule has 0 bridgehead atoms. The van der Waals surface area contributed by atoms with Crippen LogP contribution in [0.2, 0.25) is 0 Å². The summed E-state index contributed by atoms with van der Waals surface area (Å²) in [5, 5.41) is 56.6. The minimum atomic E-state index is -1.44. The van der Waals surface area contributed by atoms with Gasteiger partial charge in [0, 0.05) is 6.42 Å². The molecule has 0 radical (unpaired) electrons. The van der Waals surface area contributed by atoms with Crippen molar-refractivity contribution in [2.45, 2.75) is 60.9 Å². The first-order valence-corrected chi connectivity index (χ1v) is 7.97. The molecule has 5 unspecified atom stereocenters. The Bertz CT molecular complexity index is 374. The van der Waals surface area contributed by atoms with Crippen molar-refractivity contribution in [3.05, 3.63) is 0 Å². The van der Waals surface area contributed by atoms with Crippen molar-refractivity contribution in [2.24, 2.45) is 0 Å². The molecule has 0 amide bonds. The van der Waals surface area contributed by atoms with Crippen molar-refractivity contribution in [3.8, 4) is 0 Å². The lowest BCUT2D eigenvalue weighted by atomic mass is 9.99. The molecule has 0 aromatic carbocycles. The van der Waals surface area contributed by atoms with E-state index in [0.29, 0.717) is 0 Å². The first-order chi connectivity index (χ1) is 10.9. The first kappa shape index (κ1) is 19.3. The van der Waals surface area contributed by atoms with Gasteiger partial charge in [-0.3, -0.25) is 0 Å². The van der Waals surface area contributed by atoms with Gasteiger partial charge >= 0.3 is 0 Å². The molecule has 7 N–H and O–H groups in total. The van der Waals surface area contributed by atoms with Crippen molar-refractivity contribution in [1.29, 1.82) is 0 Å². The van der Waals surface area contributed by atoms with Gasteiger partial charge in [0.25, 0.3) is 0 Å². The molecule has 0 spiro atoms. The lowest BCUT2D eigenvalue weighted by Gasteiger charge is -2.44. The molecule has 2 rings (SSSR count). The van der Waals surface area contributed by atoms with Crippen molar-refractivity contribution >= 4 is 12.0 Å². The minimum absolute atomic E-state index is 0.153. The molecule has 0 saturated carbocycles.